The first-order valence-corrected chi connectivity index (χ1v) is 15.5. The largest absolute Gasteiger partial charge is 0.491 e. The number of hydrogen-bond acceptors (Lipinski definition) is 2. The minimum Gasteiger partial charge on any atom is -0.491 e. The lowest BCUT2D eigenvalue weighted by Crippen LogP contribution is -2.41. The molecule has 0 fully saturated rings. The van der Waals surface area contributed by atoms with Crippen LogP contribution >= 0.6 is 0 Å². The molecule has 0 aliphatic heterocycles. The van der Waals surface area contributed by atoms with Gasteiger partial charge in [0.15, 0.2) is 8.32 Å². The van der Waals surface area contributed by atoms with Gasteiger partial charge in [-0.2, -0.15) is 0 Å². The van der Waals surface area contributed by atoms with E-state index in [1.165, 1.54) is 0 Å². The van der Waals surface area contributed by atoms with Gasteiger partial charge in [0.25, 0.3) is 0 Å². The molecule has 0 heterocycles. The van der Waals surface area contributed by atoms with Crippen LogP contribution in [0.3, 0.4) is 0 Å². The van der Waals surface area contributed by atoms with Crippen LogP contribution in [0.15, 0.2) is 12.1 Å². The molecule has 1 aromatic rings. The average molecular weight is 377 g/mol. The minimum absolute atomic E-state index is 0.232. The molecule has 0 radical (unpaired) electrons. The predicted octanol–water partition coefficient (Wildman–Crippen LogP) is 5.93. The lowest BCUT2D eigenvalue weighted by Gasteiger charge is -2.36. The van der Waals surface area contributed by atoms with Gasteiger partial charge in [-0.3, -0.25) is 0 Å². The van der Waals surface area contributed by atoms with Gasteiger partial charge in [-0.15, -0.1) is 5.54 Å². The molecular formula is C21H36O2Si2. The van der Waals surface area contributed by atoms with Crippen molar-refractivity contribution >= 4 is 16.4 Å². The second-order valence-electron chi connectivity index (χ2n) is 9.40. The molecule has 0 spiro atoms. The van der Waals surface area contributed by atoms with Crippen LogP contribution in [0.2, 0.25) is 37.8 Å². The van der Waals surface area contributed by atoms with Gasteiger partial charge in [0.05, 0.1) is 6.61 Å². The van der Waals surface area contributed by atoms with Crippen molar-refractivity contribution in [3.8, 4) is 17.2 Å². The number of benzene rings is 1. The summed E-state index contributed by atoms with van der Waals surface area (Å²) in [6.07, 6.45) is 0. The van der Waals surface area contributed by atoms with Crippen LogP contribution in [0, 0.1) is 25.3 Å². The highest BCUT2D eigenvalue weighted by Crippen LogP contribution is 2.36. The molecule has 0 aromatic heterocycles. The van der Waals surface area contributed by atoms with Crippen LogP contribution in [0.5, 0.6) is 5.75 Å². The first kappa shape index (κ1) is 22.0. The van der Waals surface area contributed by atoms with Gasteiger partial charge in [0, 0.05) is 5.56 Å². The number of rotatable bonds is 5. The zero-order chi connectivity index (χ0) is 19.5. The molecule has 4 heteroatoms. The summed E-state index contributed by atoms with van der Waals surface area (Å²) in [5.41, 5.74) is 6.80. The van der Waals surface area contributed by atoms with E-state index < -0.39 is 16.4 Å². The van der Waals surface area contributed by atoms with Crippen LogP contribution in [0.4, 0.5) is 0 Å². The minimum atomic E-state index is -1.70. The van der Waals surface area contributed by atoms with E-state index in [4.69, 9.17) is 9.16 Å². The third-order valence-electron chi connectivity index (χ3n) is 4.64. The van der Waals surface area contributed by atoms with Crippen molar-refractivity contribution in [3.05, 3.63) is 28.8 Å². The van der Waals surface area contributed by atoms with Crippen molar-refractivity contribution < 1.29 is 9.16 Å². The summed E-state index contributed by atoms with van der Waals surface area (Å²) in [6.45, 7) is 23.5. The van der Waals surface area contributed by atoms with E-state index >= 15 is 0 Å². The smallest absolute Gasteiger partial charge is 0.192 e. The Morgan fingerprint density at radius 2 is 1.44 bits per heavy atom. The topological polar surface area (TPSA) is 18.5 Å². The summed E-state index contributed by atoms with van der Waals surface area (Å²) in [5.74, 6) is 4.30. The fourth-order valence-electron chi connectivity index (χ4n) is 2.17. The van der Waals surface area contributed by atoms with Gasteiger partial charge in [-0.05, 0) is 55.2 Å². The second-order valence-corrected chi connectivity index (χ2v) is 19.0. The van der Waals surface area contributed by atoms with Crippen molar-refractivity contribution in [3.63, 3.8) is 0 Å². The maximum absolute atomic E-state index is 6.19. The van der Waals surface area contributed by atoms with Gasteiger partial charge in [0.1, 0.15) is 20.4 Å². The number of hydrogen-bond donors (Lipinski definition) is 0. The third-order valence-corrected chi connectivity index (χ3v) is 10.1. The lowest BCUT2D eigenvalue weighted by molar-refractivity contribution is 0.202. The SMILES string of the molecule is Cc1cc(C#C[Si](C)(C)C)cc(C)c1OCCO[Si](C)(C)C(C)(C)C. The van der Waals surface area contributed by atoms with Crippen LogP contribution < -0.4 is 4.74 Å². The Hall–Kier alpha value is -1.03. The summed E-state index contributed by atoms with van der Waals surface area (Å²) in [6, 6.07) is 4.26. The number of aryl methyl sites for hydroxylation is 2. The summed E-state index contributed by atoms with van der Waals surface area (Å²) in [4.78, 5) is 0. The zero-order valence-electron chi connectivity index (χ0n) is 17.9. The highest BCUT2D eigenvalue weighted by atomic mass is 28.4. The molecule has 0 aliphatic carbocycles. The van der Waals surface area contributed by atoms with E-state index in [1.54, 1.807) is 0 Å². The second kappa shape index (κ2) is 8.11. The van der Waals surface area contributed by atoms with Gasteiger partial charge in [-0.1, -0.05) is 46.3 Å². The van der Waals surface area contributed by atoms with Crippen LogP contribution in [0.1, 0.15) is 37.5 Å². The maximum Gasteiger partial charge on any atom is 0.192 e. The summed E-state index contributed by atoms with van der Waals surface area (Å²) >= 11 is 0. The van der Waals surface area contributed by atoms with Crippen molar-refractivity contribution in [1.29, 1.82) is 0 Å². The molecule has 25 heavy (non-hydrogen) atoms. The average Bonchev–Trinajstić information content (AvgIpc) is 2.41. The van der Waals surface area contributed by atoms with E-state index in [2.05, 4.69) is 91.0 Å². The summed E-state index contributed by atoms with van der Waals surface area (Å²) < 4.78 is 12.2. The van der Waals surface area contributed by atoms with Crippen molar-refractivity contribution in [2.45, 2.75) is 72.4 Å². The molecule has 0 saturated heterocycles. The third kappa shape index (κ3) is 7.01. The van der Waals surface area contributed by atoms with E-state index in [0.717, 1.165) is 22.4 Å². The van der Waals surface area contributed by atoms with Gasteiger partial charge in [0.2, 0.25) is 0 Å². The van der Waals surface area contributed by atoms with Crippen LogP contribution in [-0.2, 0) is 4.43 Å². The highest BCUT2D eigenvalue weighted by molar-refractivity contribution is 6.83. The quantitative estimate of drug-likeness (QED) is 0.360. The molecule has 0 saturated carbocycles. The van der Waals surface area contributed by atoms with E-state index in [-0.39, 0.29) is 5.04 Å². The summed E-state index contributed by atoms with van der Waals surface area (Å²) in [7, 11) is -3.06. The Morgan fingerprint density at radius 1 is 0.920 bits per heavy atom. The van der Waals surface area contributed by atoms with Crippen LogP contribution in [0.25, 0.3) is 0 Å². The van der Waals surface area contributed by atoms with E-state index in [1.807, 2.05) is 0 Å². The van der Waals surface area contributed by atoms with Gasteiger partial charge < -0.3 is 9.16 Å². The Labute approximate surface area is 157 Å². The molecule has 0 N–H and O–H groups in total. The van der Waals surface area contributed by atoms with Crippen molar-refractivity contribution in [2.24, 2.45) is 0 Å². The standard InChI is InChI=1S/C21H36O2Si2/c1-17-15-19(11-14-24(6,7)8)16-18(2)20(17)22-12-13-23-25(9,10)21(3,4)5/h15-16H,12-13H2,1-10H3. The summed E-state index contributed by atoms with van der Waals surface area (Å²) in [5, 5.41) is 0.232. The van der Waals surface area contributed by atoms with Gasteiger partial charge in [-0.25, -0.2) is 0 Å². The molecule has 0 atom stereocenters. The molecule has 0 bridgehead atoms. The molecule has 140 valence electrons. The molecule has 0 unspecified atom stereocenters. The van der Waals surface area contributed by atoms with Crippen molar-refractivity contribution in [2.75, 3.05) is 13.2 Å². The first-order chi connectivity index (χ1) is 11.2. The fourth-order valence-corrected chi connectivity index (χ4v) is 3.71. The van der Waals surface area contributed by atoms with E-state index in [9.17, 15) is 0 Å². The molecule has 0 amide bonds. The van der Waals surface area contributed by atoms with Gasteiger partial charge >= 0.3 is 0 Å². The maximum atomic E-state index is 6.19. The Bertz CT molecular complexity index is 630. The first-order valence-electron chi connectivity index (χ1n) is 9.14. The van der Waals surface area contributed by atoms with Crippen molar-refractivity contribution in [1.82, 2.24) is 0 Å². The molecular weight excluding hydrogens is 340 g/mol. The molecule has 2 nitrogen and oxygen atoms in total. The highest BCUT2D eigenvalue weighted by Gasteiger charge is 2.36. The molecule has 0 aliphatic rings. The Morgan fingerprint density at radius 3 is 1.88 bits per heavy atom. The molecule has 1 aromatic carbocycles. The predicted molar refractivity (Wildman–Crippen MR) is 115 cm³/mol. The monoisotopic (exact) mass is 376 g/mol. The fraction of sp³-hybridized carbons (Fsp3) is 0.619. The van der Waals surface area contributed by atoms with E-state index in [0.29, 0.717) is 13.2 Å². The van der Waals surface area contributed by atoms with Crippen LogP contribution in [-0.4, -0.2) is 29.6 Å². The normalized spacial score (nSPS) is 12.6. The lowest BCUT2D eigenvalue weighted by atomic mass is 10.1. The number of ether oxygens (including phenoxy) is 1. The Balaban J connectivity index is 2.73. The zero-order valence-corrected chi connectivity index (χ0v) is 19.9. The molecule has 1 rings (SSSR count). The Kier molecular flexibility index (Phi) is 7.15.